The zero-order valence-corrected chi connectivity index (χ0v) is 12.7. The Morgan fingerprint density at radius 2 is 1.83 bits per heavy atom. The summed E-state index contributed by atoms with van der Waals surface area (Å²) in [5.74, 6) is 0.805. The van der Waals surface area contributed by atoms with E-state index in [0.29, 0.717) is 6.10 Å². The summed E-state index contributed by atoms with van der Waals surface area (Å²) in [7, 11) is 0. The smallest absolute Gasteiger partial charge is 0.0611 e. The number of nitrogens with zero attached hydrogens (tertiary/aromatic N) is 1. The zero-order valence-electron chi connectivity index (χ0n) is 12.7. The molecule has 1 saturated carbocycles. The normalized spacial score (nSPS) is 27.8. The van der Waals surface area contributed by atoms with Crippen molar-refractivity contribution in [2.75, 3.05) is 26.2 Å². The Hall–Kier alpha value is -0.120. The Kier molecular flexibility index (Phi) is 6.61. The van der Waals surface area contributed by atoms with Gasteiger partial charge in [0, 0.05) is 25.2 Å². The molecule has 18 heavy (non-hydrogen) atoms. The van der Waals surface area contributed by atoms with Crippen molar-refractivity contribution in [1.82, 2.24) is 4.90 Å². The van der Waals surface area contributed by atoms with Crippen LogP contribution in [0.1, 0.15) is 53.4 Å². The highest BCUT2D eigenvalue weighted by Gasteiger charge is 2.47. The van der Waals surface area contributed by atoms with Crippen LogP contribution in [0.2, 0.25) is 0 Å². The third kappa shape index (κ3) is 3.46. The van der Waals surface area contributed by atoms with Crippen molar-refractivity contribution in [2.45, 2.75) is 65.0 Å². The Morgan fingerprint density at radius 1 is 1.22 bits per heavy atom. The third-order valence-corrected chi connectivity index (χ3v) is 4.68. The van der Waals surface area contributed by atoms with E-state index < -0.39 is 0 Å². The molecule has 0 amide bonds. The van der Waals surface area contributed by atoms with E-state index in [1.165, 1.54) is 19.4 Å². The summed E-state index contributed by atoms with van der Waals surface area (Å²) in [6.07, 6.45) is 5.20. The maximum atomic E-state index is 6.07. The van der Waals surface area contributed by atoms with Crippen molar-refractivity contribution in [3.63, 3.8) is 0 Å². The lowest BCUT2D eigenvalue weighted by Gasteiger charge is -2.54. The Morgan fingerprint density at radius 3 is 2.22 bits per heavy atom. The minimum Gasteiger partial charge on any atom is -0.378 e. The number of rotatable bonds is 9. The summed E-state index contributed by atoms with van der Waals surface area (Å²) in [4.78, 5) is 2.61. The van der Waals surface area contributed by atoms with Crippen LogP contribution in [0.15, 0.2) is 0 Å². The first-order valence-corrected chi connectivity index (χ1v) is 7.72. The molecule has 0 saturated heterocycles. The third-order valence-electron chi connectivity index (χ3n) is 4.68. The lowest BCUT2D eigenvalue weighted by atomic mass is 9.72. The largest absolute Gasteiger partial charge is 0.378 e. The van der Waals surface area contributed by atoms with Crippen molar-refractivity contribution in [2.24, 2.45) is 11.7 Å². The molecule has 1 fully saturated rings. The lowest BCUT2D eigenvalue weighted by molar-refractivity contribution is -0.102. The molecule has 0 unspecified atom stereocenters. The summed E-state index contributed by atoms with van der Waals surface area (Å²) < 4.78 is 5.70. The van der Waals surface area contributed by atoms with E-state index in [9.17, 15) is 0 Å². The number of likely N-dealkylation sites (N-methyl/N-ethyl adjacent to an activating group) is 1. The van der Waals surface area contributed by atoms with Crippen LogP contribution in [-0.4, -0.2) is 42.8 Å². The SMILES string of the molecule is CCOC1CC(CN)(N(CC)CC(CC)CC)C1. The van der Waals surface area contributed by atoms with E-state index in [4.69, 9.17) is 10.5 Å². The average Bonchev–Trinajstić information content (AvgIpc) is 2.36. The van der Waals surface area contributed by atoms with Crippen molar-refractivity contribution < 1.29 is 4.74 Å². The van der Waals surface area contributed by atoms with Crippen molar-refractivity contribution in [3.05, 3.63) is 0 Å². The molecule has 3 heteroatoms. The van der Waals surface area contributed by atoms with Gasteiger partial charge in [-0.15, -0.1) is 0 Å². The van der Waals surface area contributed by atoms with Gasteiger partial charge in [-0.3, -0.25) is 4.90 Å². The molecule has 0 spiro atoms. The molecule has 0 aromatic heterocycles. The van der Waals surface area contributed by atoms with Crippen molar-refractivity contribution in [1.29, 1.82) is 0 Å². The molecule has 0 atom stereocenters. The van der Waals surface area contributed by atoms with Crippen LogP contribution in [0.5, 0.6) is 0 Å². The monoisotopic (exact) mass is 256 g/mol. The first-order valence-electron chi connectivity index (χ1n) is 7.72. The molecule has 1 aliphatic carbocycles. The van der Waals surface area contributed by atoms with Gasteiger partial charge in [-0.25, -0.2) is 0 Å². The van der Waals surface area contributed by atoms with Crippen LogP contribution < -0.4 is 5.73 Å². The summed E-state index contributed by atoms with van der Waals surface area (Å²) in [5, 5.41) is 0. The number of nitrogens with two attached hydrogens (primary N) is 1. The fourth-order valence-corrected chi connectivity index (χ4v) is 3.21. The van der Waals surface area contributed by atoms with Gasteiger partial charge in [-0.2, -0.15) is 0 Å². The maximum Gasteiger partial charge on any atom is 0.0611 e. The first kappa shape index (κ1) is 15.9. The minimum atomic E-state index is 0.219. The van der Waals surface area contributed by atoms with Gasteiger partial charge in [0.2, 0.25) is 0 Å². The number of hydrogen-bond acceptors (Lipinski definition) is 3. The molecule has 1 rings (SSSR count). The van der Waals surface area contributed by atoms with Crippen LogP contribution in [0.25, 0.3) is 0 Å². The first-order chi connectivity index (χ1) is 8.65. The van der Waals surface area contributed by atoms with Crippen molar-refractivity contribution in [3.8, 4) is 0 Å². The molecule has 0 radical (unpaired) electrons. The molecule has 108 valence electrons. The van der Waals surface area contributed by atoms with Crippen LogP contribution in [0, 0.1) is 5.92 Å². The molecule has 0 bridgehead atoms. The van der Waals surface area contributed by atoms with Crippen LogP contribution in [0.4, 0.5) is 0 Å². The van der Waals surface area contributed by atoms with Crippen molar-refractivity contribution >= 4 is 0 Å². The second-order valence-corrected chi connectivity index (χ2v) is 5.64. The minimum absolute atomic E-state index is 0.219. The molecule has 0 aliphatic heterocycles. The molecule has 0 heterocycles. The van der Waals surface area contributed by atoms with Gasteiger partial charge in [0.15, 0.2) is 0 Å². The second kappa shape index (κ2) is 7.46. The van der Waals surface area contributed by atoms with E-state index in [-0.39, 0.29) is 5.54 Å². The highest BCUT2D eigenvalue weighted by atomic mass is 16.5. The van der Waals surface area contributed by atoms with Gasteiger partial charge in [0.1, 0.15) is 0 Å². The summed E-state index contributed by atoms with van der Waals surface area (Å²) in [6.45, 7) is 12.8. The van der Waals surface area contributed by atoms with Gasteiger partial charge in [-0.1, -0.05) is 33.6 Å². The second-order valence-electron chi connectivity index (χ2n) is 5.64. The fourth-order valence-electron chi connectivity index (χ4n) is 3.21. The van der Waals surface area contributed by atoms with Gasteiger partial charge in [-0.05, 0) is 32.2 Å². The lowest BCUT2D eigenvalue weighted by Crippen LogP contribution is -2.64. The predicted octanol–water partition coefficient (Wildman–Crippen LogP) is 2.64. The van der Waals surface area contributed by atoms with E-state index in [2.05, 4.69) is 32.6 Å². The summed E-state index contributed by atoms with van der Waals surface area (Å²) >= 11 is 0. The average molecular weight is 256 g/mol. The zero-order chi connectivity index (χ0) is 13.6. The van der Waals surface area contributed by atoms with Crippen LogP contribution in [-0.2, 0) is 4.74 Å². The van der Waals surface area contributed by atoms with E-state index >= 15 is 0 Å². The van der Waals surface area contributed by atoms with Crippen LogP contribution >= 0.6 is 0 Å². The van der Waals surface area contributed by atoms with Gasteiger partial charge in [0.05, 0.1) is 6.10 Å². The highest BCUT2D eigenvalue weighted by molar-refractivity contribution is 5.04. The summed E-state index contributed by atoms with van der Waals surface area (Å²) in [6, 6.07) is 0. The molecular weight excluding hydrogens is 224 g/mol. The quantitative estimate of drug-likeness (QED) is 0.689. The molecule has 2 N–H and O–H groups in total. The van der Waals surface area contributed by atoms with Gasteiger partial charge >= 0.3 is 0 Å². The predicted molar refractivity (Wildman–Crippen MR) is 77.8 cm³/mol. The van der Waals surface area contributed by atoms with E-state index in [1.54, 1.807) is 0 Å². The Labute approximate surface area is 113 Å². The molecule has 0 aromatic rings. The van der Waals surface area contributed by atoms with Gasteiger partial charge < -0.3 is 10.5 Å². The molecule has 0 aromatic carbocycles. The van der Waals surface area contributed by atoms with Crippen LogP contribution in [0.3, 0.4) is 0 Å². The highest BCUT2D eigenvalue weighted by Crippen LogP contribution is 2.39. The molecular formula is C15H32N2O. The van der Waals surface area contributed by atoms with E-state index in [1.807, 2.05) is 0 Å². The van der Waals surface area contributed by atoms with Gasteiger partial charge in [0.25, 0.3) is 0 Å². The molecule has 1 aliphatic rings. The number of ether oxygens (including phenoxy) is 1. The fraction of sp³-hybridized carbons (Fsp3) is 1.00. The number of hydrogen-bond donors (Lipinski definition) is 1. The Balaban J connectivity index is 2.56. The standard InChI is InChI=1S/C15H32N2O/c1-5-13(6-2)11-17(7-3)15(12-16)9-14(10-15)18-8-4/h13-14H,5-12,16H2,1-4H3. The van der Waals surface area contributed by atoms with E-state index in [0.717, 1.165) is 38.5 Å². The maximum absolute atomic E-state index is 6.07. The Bertz CT molecular complexity index is 223. The summed E-state index contributed by atoms with van der Waals surface area (Å²) in [5.41, 5.74) is 6.28. The molecule has 3 nitrogen and oxygen atoms in total. The topological polar surface area (TPSA) is 38.5 Å².